The highest BCUT2D eigenvalue weighted by Crippen LogP contribution is 2.35. The molecular weight excluding hydrogens is 471 g/mol. The van der Waals surface area contributed by atoms with Crippen molar-refractivity contribution in [2.75, 3.05) is 28.6 Å². The number of nitrogens with one attached hydrogen (secondary N) is 2. The van der Waals surface area contributed by atoms with Gasteiger partial charge in [-0.2, -0.15) is 13.2 Å². The van der Waals surface area contributed by atoms with E-state index in [1.807, 2.05) is 19.1 Å². The van der Waals surface area contributed by atoms with Crippen LogP contribution in [0.25, 0.3) is 11.1 Å². The largest absolute Gasteiger partial charge is 0.478 e. The SMILES string of the molecule is Cc1ccc(NC(=O)Nc2cc(-c3ccccc3C(=O)O)ccc2N(CC(C)C)CC(F)(F)F)cc1. The van der Waals surface area contributed by atoms with Gasteiger partial charge < -0.3 is 20.6 Å². The van der Waals surface area contributed by atoms with Gasteiger partial charge in [0.1, 0.15) is 6.54 Å². The topological polar surface area (TPSA) is 81.7 Å². The fourth-order valence-electron chi connectivity index (χ4n) is 3.83. The van der Waals surface area contributed by atoms with E-state index < -0.39 is 24.7 Å². The van der Waals surface area contributed by atoms with Gasteiger partial charge in [-0.1, -0.05) is 55.8 Å². The molecular formula is C27H28F3N3O3. The maximum Gasteiger partial charge on any atom is 0.405 e. The summed E-state index contributed by atoms with van der Waals surface area (Å²) < 4.78 is 40.3. The van der Waals surface area contributed by atoms with Crippen molar-refractivity contribution in [3.05, 3.63) is 77.9 Å². The molecule has 36 heavy (non-hydrogen) atoms. The lowest BCUT2D eigenvalue weighted by atomic mass is 9.98. The number of hydrogen-bond donors (Lipinski definition) is 3. The van der Waals surface area contributed by atoms with Gasteiger partial charge in [-0.05, 0) is 54.3 Å². The third-order valence-corrected chi connectivity index (χ3v) is 5.32. The predicted molar refractivity (Wildman–Crippen MR) is 136 cm³/mol. The summed E-state index contributed by atoms with van der Waals surface area (Å²) in [5.41, 5.74) is 2.68. The van der Waals surface area contributed by atoms with E-state index in [1.165, 1.54) is 23.1 Å². The zero-order valence-electron chi connectivity index (χ0n) is 20.2. The number of amides is 2. The normalized spacial score (nSPS) is 11.3. The van der Waals surface area contributed by atoms with Crippen LogP contribution in [-0.2, 0) is 0 Å². The van der Waals surface area contributed by atoms with E-state index in [0.717, 1.165) is 5.56 Å². The first kappa shape index (κ1) is 26.6. The van der Waals surface area contributed by atoms with Gasteiger partial charge in [0.25, 0.3) is 0 Å². The second kappa shape index (κ2) is 11.2. The number of carbonyl (C=O) groups excluding carboxylic acids is 1. The van der Waals surface area contributed by atoms with E-state index in [9.17, 15) is 27.9 Å². The molecule has 0 fully saturated rings. The summed E-state index contributed by atoms with van der Waals surface area (Å²) in [6.07, 6.45) is -4.47. The molecule has 0 saturated heterocycles. The highest BCUT2D eigenvalue weighted by Gasteiger charge is 2.32. The van der Waals surface area contributed by atoms with E-state index >= 15 is 0 Å². The Morgan fingerprint density at radius 3 is 2.25 bits per heavy atom. The first-order chi connectivity index (χ1) is 16.9. The third-order valence-electron chi connectivity index (χ3n) is 5.32. The van der Waals surface area contributed by atoms with Gasteiger partial charge in [-0.15, -0.1) is 0 Å². The van der Waals surface area contributed by atoms with Gasteiger partial charge in [0.2, 0.25) is 0 Å². The molecule has 190 valence electrons. The minimum absolute atomic E-state index is 0.0367. The highest BCUT2D eigenvalue weighted by atomic mass is 19.4. The number of rotatable bonds is 8. The van der Waals surface area contributed by atoms with Crippen molar-refractivity contribution >= 4 is 29.1 Å². The van der Waals surface area contributed by atoms with Crippen LogP contribution in [0.4, 0.5) is 35.0 Å². The Labute approximate surface area is 207 Å². The van der Waals surface area contributed by atoms with E-state index in [1.54, 1.807) is 50.2 Å². The van der Waals surface area contributed by atoms with Gasteiger partial charge in [-0.3, -0.25) is 0 Å². The highest BCUT2D eigenvalue weighted by molar-refractivity contribution is 6.03. The summed E-state index contributed by atoms with van der Waals surface area (Å²) in [7, 11) is 0. The maximum absolute atomic E-state index is 13.4. The Morgan fingerprint density at radius 1 is 0.972 bits per heavy atom. The lowest BCUT2D eigenvalue weighted by molar-refractivity contribution is -0.119. The van der Waals surface area contributed by atoms with Crippen LogP contribution in [0.1, 0.15) is 29.8 Å². The fraction of sp³-hybridized carbons (Fsp3) is 0.259. The minimum Gasteiger partial charge on any atom is -0.478 e. The molecule has 0 aromatic heterocycles. The van der Waals surface area contributed by atoms with Crippen molar-refractivity contribution in [2.24, 2.45) is 5.92 Å². The first-order valence-corrected chi connectivity index (χ1v) is 11.4. The van der Waals surface area contributed by atoms with E-state index in [4.69, 9.17) is 0 Å². The van der Waals surface area contributed by atoms with Crippen LogP contribution < -0.4 is 15.5 Å². The monoisotopic (exact) mass is 499 g/mol. The predicted octanol–water partition coefficient (Wildman–Crippen LogP) is 7.03. The number of nitrogens with zero attached hydrogens (tertiary/aromatic N) is 1. The Morgan fingerprint density at radius 2 is 1.64 bits per heavy atom. The second-order valence-electron chi connectivity index (χ2n) is 8.92. The average Bonchev–Trinajstić information content (AvgIpc) is 2.79. The smallest absolute Gasteiger partial charge is 0.405 e. The van der Waals surface area contributed by atoms with Gasteiger partial charge >= 0.3 is 18.2 Å². The zero-order valence-corrected chi connectivity index (χ0v) is 20.2. The lowest BCUT2D eigenvalue weighted by Crippen LogP contribution is -2.37. The summed E-state index contributed by atoms with van der Waals surface area (Å²) in [5.74, 6) is -1.23. The molecule has 0 spiro atoms. The van der Waals surface area contributed by atoms with Crippen LogP contribution in [0.2, 0.25) is 0 Å². The summed E-state index contributed by atoms with van der Waals surface area (Å²) in [6.45, 7) is 4.40. The fourth-order valence-corrected chi connectivity index (χ4v) is 3.83. The molecule has 3 N–H and O–H groups in total. The number of aromatic carboxylic acids is 1. The standard InChI is InChI=1S/C27H28F3N3O3/c1-17(2)15-33(16-27(28,29)30)24-13-10-19(21-6-4-5-7-22(21)25(34)35)14-23(24)32-26(36)31-20-11-8-18(3)9-12-20/h4-14,17H,15-16H2,1-3H3,(H,34,35)(H2,31,32,36). The van der Waals surface area contributed by atoms with Gasteiger partial charge in [0.05, 0.1) is 16.9 Å². The molecule has 3 rings (SSSR count). The molecule has 0 saturated carbocycles. The second-order valence-corrected chi connectivity index (χ2v) is 8.92. The number of anilines is 3. The van der Waals surface area contributed by atoms with Crippen LogP contribution >= 0.6 is 0 Å². The van der Waals surface area contributed by atoms with Gasteiger partial charge in [0, 0.05) is 12.2 Å². The minimum atomic E-state index is -4.47. The molecule has 2 amide bonds. The van der Waals surface area contributed by atoms with E-state index in [-0.39, 0.29) is 29.4 Å². The van der Waals surface area contributed by atoms with Crippen molar-refractivity contribution in [2.45, 2.75) is 26.9 Å². The molecule has 0 aliphatic carbocycles. The Kier molecular flexibility index (Phi) is 8.24. The number of urea groups is 1. The van der Waals surface area contributed by atoms with Crippen molar-refractivity contribution in [1.82, 2.24) is 0 Å². The maximum atomic E-state index is 13.4. The van der Waals surface area contributed by atoms with Crippen LogP contribution in [0, 0.1) is 12.8 Å². The Hall–Kier alpha value is -4.01. The number of aryl methyl sites for hydroxylation is 1. The lowest BCUT2D eigenvalue weighted by Gasteiger charge is -2.30. The van der Waals surface area contributed by atoms with Crippen LogP contribution in [-0.4, -0.2) is 36.4 Å². The Bertz CT molecular complexity index is 1220. The molecule has 0 bridgehead atoms. The van der Waals surface area contributed by atoms with Crippen LogP contribution in [0.3, 0.4) is 0 Å². The van der Waals surface area contributed by atoms with E-state index in [0.29, 0.717) is 16.8 Å². The number of benzene rings is 3. The van der Waals surface area contributed by atoms with Crippen molar-refractivity contribution < 1.29 is 27.9 Å². The molecule has 0 heterocycles. The summed E-state index contributed by atoms with van der Waals surface area (Å²) in [5, 5.41) is 14.9. The van der Waals surface area contributed by atoms with Crippen LogP contribution in [0.15, 0.2) is 66.7 Å². The third kappa shape index (κ3) is 7.24. The number of carboxylic acid groups (broad SMARTS) is 1. The molecule has 0 aliphatic rings. The molecule has 0 radical (unpaired) electrons. The molecule has 0 unspecified atom stereocenters. The van der Waals surface area contributed by atoms with Gasteiger partial charge in [-0.25, -0.2) is 9.59 Å². The molecule has 3 aromatic carbocycles. The summed E-state index contributed by atoms with van der Waals surface area (Å²) in [6, 6.07) is 17.3. The van der Waals surface area contributed by atoms with Crippen molar-refractivity contribution in [3.63, 3.8) is 0 Å². The van der Waals surface area contributed by atoms with Gasteiger partial charge in [0.15, 0.2) is 0 Å². The molecule has 0 aliphatic heterocycles. The first-order valence-electron chi connectivity index (χ1n) is 11.4. The summed E-state index contributed by atoms with van der Waals surface area (Å²) in [4.78, 5) is 25.7. The molecule has 6 nitrogen and oxygen atoms in total. The molecule has 9 heteroatoms. The number of carboxylic acids is 1. The van der Waals surface area contributed by atoms with Crippen molar-refractivity contribution in [1.29, 1.82) is 0 Å². The quantitative estimate of drug-likeness (QED) is 0.311. The Balaban J connectivity index is 2.05. The summed E-state index contributed by atoms with van der Waals surface area (Å²) >= 11 is 0. The number of halogens is 3. The van der Waals surface area contributed by atoms with Crippen molar-refractivity contribution in [3.8, 4) is 11.1 Å². The van der Waals surface area contributed by atoms with Crippen LogP contribution in [0.5, 0.6) is 0 Å². The number of hydrogen-bond acceptors (Lipinski definition) is 3. The zero-order chi connectivity index (χ0) is 26.5. The molecule has 0 atom stereocenters. The number of alkyl halides is 3. The van der Waals surface area contributed by atoms with E-state index in [2.05, 4.69) is 10.6 Å². The average molecular weight is 500 g/mol. The number of carbonyl (C=O) groups is 2. The molecule has 3 aromatic rings.